The Morgan fingerprint density at radius 2 is 0.904 bits per heavy atom. The van der Waals surface area contributed by atoms with Gasteiger partial charge >= 0.3 is 28.3 Å². The van der Waals surface area contributed by atoms with Gasteiger partial charge in [-0.15, -0.1) is 0 Å². The second-order valence-corrected chi connectivity index (χ2v) is 24.1. The van der Waals surface area contributed by atoms with Crippen molar-refractivity contribution in [1.82, 2.24) is 0 Å². The van der Waals surface area contributed by atoms with Crippen LogP contribution in [0, 0.1) is 0 Å². The number of aliphatic carboxylic acids is 3. The number of ketones is 6. The normalized spacial score (nSPS) is 26.6. The van der Waals surface area contributed by atoms with E-state index in [9.17, 15) is 84.0 Å². The highest BCUT2D eigenvalue weighted by Gasteiger charge is 2.52. The molecule has 0 saturated carbocycles. The lowest BCUT2D eigenvalue weighted by Gasteiger charge is -2.42. The third kappa shape index (κ3) is 14.3. The first-order chi connectivity index (χ1) is 43.6. The van der Waals surface area contributed by atoms with Gasteiger partial charge in [0.1, 0.15) is 45.7 Å². The fourth-order valence-electron chi connectivity index (χ4n) is 12.0. The van der Waals surface area contributed by atoms with Crippen molar-refractivity contribution in [1.29, 1.82) is 0 Å². The molecule has 18 N–H and O–H groups in total. The van der Waals surface area contributed by atoms with Crippen LogP contribution in [0.3, 0.4) is 0 Å². The molecule has 33 nitrogen and oxygen atoms in total. The number of benzene rings is 4. The van der Waals surface area contributed by atoms with Crippen molar-refractivity contribution in [2.75, 3.05) is 14.2 Å². The van der Waals surface area contributed by atoms with Crippen LogP contribution < -0.4 is 20.9 Å². The Labute approximate surface area is 532 Å². The number of carboxylic acids is 3. The maximum atomic E-state index is 13.6. The Hall–Kier alpha value is -8.46. The minimum atomic E-state index is -4.67. The molecule has 4 aromatic carbocycles. The molecule has 0 aromatic heterocycles. The smallest absolute Gasteiger partial charge is 0.394 e. The number of aliphatic hydroxyl groups is 5. The number of hydrogen-bond donors (Lipinski definition) is 16. The summed E-state index contributed by atoms with van der Waals surface area (Å²) in [6.07, 6.45) is -11.4. The Bertz CT molecular complexity index is 3650. The minimum absolute atomic E-state index is 0.0147. The van der Waals surface area contributed by atoms with Gasteiger partial charge in [-0.25, -0.2) is 4.79 Å². The predicted octanol–water partition coefficient (Wildman–Crippen LogP) is 0.157. The van der Waals surface area contributed by atoms with Crippen molar-refractivity contribution in [3.8, 4) is 34.5 Å². The summed E-state index contributed by atoms with van der Waals surface area (Å²) in [6.45, 7) is 5.57. The van der Waals surface area contributed by atoms with E-state index in [1.165, 1.54) is 64.5 Å². The SMILES string of the molecule is COc1cccc2c1C(=O)c1c(O)c3c(c(O)c1C2=O)C[C@@](O)(C(C)=O)C[C@@H]3OC1CC(N)C(O)C(C)O1.COc1cccc2c1C(=O)c1c(O)c3c(c(O)c1C2=O)C[C@@](O)(C(C)=O)C[C@@H]3OC1CC(N)C(O)C(C)O1.O=C(O)CC(O)(CC(=O)O)C(=O)O.O=S(=O)(O)O. The number of methoxy groups -OCH3 is 2. The first-order valence-corrected chi connectivity index (χ1v) is 29.8. The van der Waals surface area contributed by atoms with Crippen molar-refractivity contribution in [2.45, 2.75) is 157 Å². The number of fused-ring (bicyclic) bond motifs is 6. The number of hydrogen-bond acceptors (Lipinski definition) is 28. The minimum Gasteiger partial charge on any atom is -0.507 e. The third-order valence-electron chi connectivity index (χ3n) is 16.9. The molecule has 510 valence electrons. The summed E-state index contributed by atoms with van der Waals surface area (Å²) < 4.78 is 65.7. The molecule has 0 amide bonds. The van der Waals surface area contributed by atoms with Gasteiger partial charge in [-0.2, -0.15) is 8.42 Å². The van der Waals surface area contributed by atoms with E-state index in [4.69, 9.17) is 77.8 Å². The number of ether oxygens (including phenoxy) is 6. The molecule has 0 radical (unpaired) electrons. The highest BCUT2D eigenvalue weighted by atomic mass is 32.3. The lowest BCUT2D eigenvalue weighted by Crippen LogP contribution is -2.52. The van der Waals surface area contributed by atoms with Gasteiger partial charge in [0.2, 0.25) is 11.6 Å². The van der Waals surface area contributed by atoms with E-state index in [0.29, 0.717) is 0 Å². The molecule has 10 rings (SSSR count). The monoisotopic (exact) mass is 1340 g/mol. The van der Waals surface area contributed by atoms with Crippen LogP contribution in [0.1, 0.15) is 164 Å². The third-order valence-corrected chi connectivity index (χ3v) is 16.9. The molecule has 2 fully saturated rings. The van der Waals surface area contributed by atoms with E-state index in [1.54, 1.807) is 13.8 Å². The summed E-state index contributed by atoms with van der Waals surface area (Å²) >= 11 is 0. The molecular formula is C60H68N2O31S. The van der Waals surface area contributed by atoms with Crippen molar-refractivity contribution in [3.63, 3.8) is 0 Å². The largest absolute Gasteiger partial charge is 0.507 e. The molecular weight excluding hydrogens is 1280 g/mol. The molecule has 94 heavy (non-hydrogen) atoms. The second-order valence-electron chi connectivity index (χ2n) is 23.2. The van der Waals surface area contributed by atoms with Crippen LogP contribution in [0.5, 0.6) is 34.5 Å². The molecule has 2 aliphatic heterocycles. The van der Waals surface area contributed by atoms with Gasteiger partial charge in [-0.3, -0.25) is 47.5 Å². The van der Waals surface area contributed by atoms with Crippen LogP contribution in [0.15, 0.2) is 36.4 Å². The maximum Gasteiger partial charge on any atom is 0.394 e. The van der Waals surface area contributed by atoms with Crippen LogP contribution in [0.2, 0.25) is 0 Å². The topological polar surface area (TPSA) is 578 Å². The summed E-state index contributed by atoms with van der Waals surface area (Å²) in [4.78, 5) is 110. The van der Waals surface area contributed by atoms with E-state index < -0.39 is 212 Å². The zero-order chi connectivity index (χ0) is 70.5. The van der Waals surface area contributed by atoms with Crippen molar-refractivity contribution < 1.29 is 150 Å². The zero-order valence-electron chi connectivity index (χ0n) is 50.7. The molecule has 8 unspecified atom stereocenters. The van der Waals surface area contributed by atoms with Gasteiger partial charge in [0.05, 0.1) is 97.1 Å². The van der Waals surface area contributed by atoms with Crippen molar-refractivity contribution in [2.24, 2.45) is 11.5 Å². The van der Waals surface area contributed by atoms with Gasteiger partial charge in [0, 0.05) is 84.0 Å². The van der Waals surface area contributed by atoms with E-state index in [-0.39, 0.29) is 81.7 Å². The Morgan fingerprint density at radius 3 is 1.18 bits per heavy atom. The summed E-state index contributed by atoms with van der Waals surface area (Å²) in [7, 11) is -1.99. The van der Waals surface area contributed by atoms with Gasteiger partial charge < -0.3 is 101 Å². The molecule has 0 spiro atoms. The van der Waals surface area contributed by atoms with E-state index in [1.807, 2.05) is 0 Å². The summed E-state index contributed by atoms with van der Waals surface area (Å²) in [5.74, 6) is -11.4. The molecule has 6 aliphatic rings. The van der Waals surface area contributed by atoms with Crippen LogP contribution in [0.25, 0.3) is 0 Å². The lowest BCUT2D eigenvalue weighted by atomic mass is 9.72. The van der Waals surface area contributed by atoms with Crippen LogP contribution in [-0.4, -0.2) is 212 Å². The highest BCUT2D eigenvalue weighted by molar-refractivity contribution is 7.79. The fourth-order valence-corrected chi connectivity index (χ4v) is 12.0. The first kappa shape index (κ1) is 73.0. The quantitative estimate of drug-likeness (QED) is 0.0541. The number of carbonyl (C=O) groups is 9. The molecule has 2 heterocycles. The number of carbonyl (C=O) groups excluding carboxylic acids is 6. The predicted molar refractivity (Wildman–Crippen MR) is 312 cm³/mol. The fraction of sp³-hybridized carbons (Fsp3) is 0.450. The average Bonchev–Trinajstić information content (AvgIpc) is 0.718. The lowest BCUT2D eigenvalue weighted by molar-refractivity contribution is -0.247. The number of nitrogens with two attached hydrogens (primary N) is 2. The maximum absolute atomic E-state index is 13.6. The van der Waals surface area contributed by atoms with Gasteiger partial charge in [-0.05, 0) is 39.8 Å². The number of rotatable bonds is 13. The molecule has 12 atom stereocenters. The number of phenolic OH excluding ortho intramolecular Hbond substituents is 4. The van der Waals surface area contributed by atoms with E-state index >= 15 is 0 Å². The number of carboxylic acid groups (broad SMARTS) is 3. The Morgan fingerprint density at radius 1 is 0.585 bits per heavy atom. The number of aromatic hydroxyl groups is 4. The van der Waals surface area contributed by atoms with Gasteiger partial charge in [-0.1, -0.05) is 24.3 Å². The van der Waals surface area contributed by atoms with Crippen molar-refractivity contribution >= 4 is 63.0 Å². The average molecular weight is 1350 g/mol. The molecule has 2 saturated heterocycles. The summed E-state index contributed by atoms with van der Waals surface area (Å²) in [5, 5.41) is 122. The highest BCUT2D eigenvalue weighted by Crippen LogP contribution is 2.55. The first-order valence-electron chi connectivity index (χ1n) is 28.4. The zero-order valence-corrected chi connectivity index (χ0v) is 51.5. The van der Waals surface area contributed by atoms with Gasteiger partial charge in [0.15, 0.2) is 41.3 Å². The molecule has 4 aromatic rings. The summed E-state index contributed by atoms with van der Waals surface area (Å²) in [5.41, 5.74) is 3.21. The molecule has 4 aliphatic carbocycles. The number of Topliss-reactive ketones (excluding diaryl/α,β-unsaturated/α-hetero) is 2. The molecule has 34 heteroatoms. The Balaban J connectivity index is 0.000000212. The van der Waals surface area contributed by atoms with Crippen molar-refractivity contribution in [3.05, 3.63) is 103 Å². The standard InChI is InChI=1S/2C27H29NO10.C6H8O7.H2O4S/c2*1-10-22(30)14(28)7-17(37-10)38-16-9-27(35,11(2)29)8-13-19(16)26(34)21-20(24(13)32)23(31)12-5-4-6-15(36-3)18(12)25(21)33;7-3(8)1-6(13,5(11)12)2-4(9)10;1-5(2,3)4/h2*4-6,10,14,16-17,22,30,32,34-35H,7-9,28H2,1-3H3;13H,1-2H2,(H,7,8)(H,9,10)(H,11,12);(H2,1,2,3,4)/t2*10?,14?,16-,17?,22?,27-;;/m00../s1. The number of phenols is 4. The second kappa shape index (κ2) is 27.5. The van der Waals surface area contributed by atoms with Crippen LogP contribution >= 0.6 is 0 Å². The number of aliphatic hydroxyl groups excluding tert-OH is 2. The van der Waals surface area contributed by atoms with Crippen LogP contribution in [-0.2, 0) is 66.2 Å². The van der Waals surface area contributed by atoms with E-state index in [0.717, 1.165) is 0 Å². The Kier molecular flexibility index (Phi) is 21.3. The van der Waals surface area contributed by atoms with E-state index in [2.05, 4.69) is 0 Å². The van der Waals surface area contributed by atoms with Crippen LogP contribution in [0.4, 0.5) is 0 Å². The molecule has 0 bridgehead atoms. The summed E-state index contributed by atoms with van der Waals surface area (Å²) in [6, 6.07) is 7.50. The van der Waals surface area contributed by atoms with Gasteiger partial charge in [0.25, 0.3) is 0 Å².